The second kappa shape index (κ2) is 9.83. The lowest BCUT2D eigenvalue weighted by atomic mass is 9.97. The third kappa shape index (κ3) is 5.05. The molecule has 2 aromatic carbocycles. The van der Waals surface area contributed by atoms with Crippen LogP contribution in [0.1, 0.15) is 23.2 Å². The van der Waals surface area contributed by atoms with Gasteiger partial charge in [0.25, 0.3) is 5.91 Å². The molecule has 2 N–H and O–H groups in total. The number of benzene rings is 2. The van der Waals surface area contributed by atoms with Gasteiger partial charge in [-0.1, -0.05) is 29.8 Å². The van der Waals surface area contributed by atoms with Gasteiger partial charge in [-0.25, -0.2) is 4.52 Å². The molecule has 0 saturated carbocycles. The zero-order valence-electron chi connectivity index (χ0n) is 19.0. The van der Waals surface area contributed by atoms with E-state index in [4.69, 9.17) is 11.6 Å². The summed E-state index contributed by atoms with van der Waals surface area (Å²) in [4.78, 5) is 19.5. The number of hydrogen-bond donors (Lipinski definition) is 2. The molecule has 2 aromatic heterocycles. The summed E-state index contributed by atoms with van der Waals surface area (Å²) in [5.74, 6) is 0.996. The second-order valence-corrected chi connectivity index (χ2v) is 9.22. The van der Waals surface area contributed by atoms with Gasteiger partial charge in [0, 0.05) is 28.4 Å². The van der Waals surface area contributed by atoms with Gasteiger partial charge in [0.2, 0.25) is 5.95 Å². The van der Waals surface area contributed by atoms with E-state index in [9.17, 15) is 4.79 Å². The van der Waals surface area contributed by atoms with Crippen LogP contribution in [0.2, 0.25) is 5.02 Å². The molecule has 7 nitrogen and oxygen atoms in total. The summed E-state index contributed by atoms with van der Waals surface area (Å²) in [7, 11) is 2.14. The van der Waals surface area contributed by atoms with Crippen LogP contribution in [0, 0.1) is 5.92 Å². The van der Waals surface area contributed by atoms with E-state index in [0.29, 0.717) is 22.5 Å². The van der Waals surface area contributed by atoms with Crippen LogP contribution in [-0.4, -0.2) is 52.1 Å². The molecule has 0 atom stereocenters. The van der Waals surface area contributed by atoms with Gasteiger partial charge in [0.05, 0.1) is 5.69 Å². The molecule has 0 bridgehead atoms. The van der Waals surface area contributed by atoms with Crippen molar-refractivity contribution in [3.63, 3.8) is 0 Å². The minimum absolute atomic E-state index is 0.0394. The summed E-state index contributed by atoms with van der Waals surface area (Å²) in [6.45, 7) is 2.92. The number of rotatable bonds is 6. The zero-order valence-corrected chi connectivity index (χ0v) is 19.8. The average Bonchev–Trinajstić information content (AvgIpc) is 3.26. The predicted octanol–water partition coefficient (Wildman–Crippen LogP) is 4.86. The molecule has 3 heterocycles. The molecule has 0 spiro atoms. The Morgan fingerprint density at radius 2 is 1.82 bits per heavy atom. The first-order valence-electron chi connectivity index (χ1n) is 11.5. The Kier molecular flexibility index (Phi) is 6.47. The van der Waals surface area contributed by atoms with Gasteiger partial charge in [-0.3, -0.25) is 4.79 Å². The van der Waals surface area contributed by atoms with Crippen LogP contribution >= 0.6 is 11.6 Å². The Labute approximate surface area is 203 Å². The van der Waals surface area contributed by atoms with Gasteiger partial charge in [0.1, 0.15) is 0 Å². The van der Waals surface area contributed by atoms with Crippen molar-refractivity contribution in [2.45, 2.75) is 12.8 Å². The summed E-state index contributed by atoms with van der Waals surface area (Å²) in [5.41, 5.74) is 4.05. The summed E-state index contributed by atoms with van der Waals surface area (Å²) in [5, 5.41) is 11.6. The number of likely N-dealkylation sites (tertiary alicyclic amines) is 1. The Hall–Kier alpha value is -3.42. The van der Waals surface area contributed by atoms with E-state index in [-0.39, 0.29) is 5.91 Å². The Bertz CT molecular complexity index is 1290. The van der Waals surface area contributed by atoms with E-state index in [1.54, 1.807) is 4.52 Å². The van der Waals surface area contributed by atoms with E-state index in [2.05, 4.69) is 32.7 Å². The molecule has 174 valence electrons. The first kappa shape index (κ1) is 22.4. The lowest BCUT2D eigenvalue weighted by molar-refractivity contribution is 0.0939. The molecule has 0 unspecified atom stereocenters. The Morgan fingerprint density at radius 1 is 1.06 bits per heavy atom. The van der Waals surface area contributed by atoms with Crippen LogP contribution < -0.4 is 10.6 Å². The van der Waals surface area contributed by atoms with Crippen molar-refractivity contribution in [2.24, 2.45) is 5.92 Å². The van der Waals surface area contributed by atoms with Crippen molar-refractivity contribution in [3.8, 4) is 11.3 Å². The van der Waals surface area contributed by atoms with Crippen LogP contribution in [-0.2, 0) is 0 Å². The maximum atomic E-state index is 12.6. The zero-order chi connectivity index (χ0) is 23.5. The lowest BCUT2D eigenvalue weighted by Crippen LogP contribution is -2.36. The van der Waals surface area contributed by atoms with Crippen LogP contribution in [0.5, 0.6) is 0 Å². The molecular weight excluding hydrogens is 448 g/mol. The highest BCUT2D eigenvalue weighted by Crippen LogP contribution is 2.24. The Balaban J connectivity index is 1.25. The number of amides is 1. The quantitative estimate of drug-likeness (QED) is 0.417. The maximum Gasteiger partial charge on any atom is 0.251 e. The van der Waals surface area contributed by atoms with Crippen molar-refractivity contribution in [1.29, 1.82) is 0 Å². The molecule has 4 aromatic rings. The van der Waals surface area contributed by atoms with Gasteiger partial charge in [0.15, 0.2) is 5.65 Å². The fraction of sp³-hybridized carbons (Fsp3) is 0.269. The number of halogens is 1. The molecule has 1 aliphatic rings. The van der Waals surface area contributed by atoms with Crippen LogP contribution in [0.15, 0.2) is 66.7 Å². The third-order valence-corrected chi connectivity index (χ3v) is 6.51. The van der Waals surface area contributed by atoms with Crippen molar-refractivity contribution in [3.05, 3.63) is 77.3 Å². The molecule has 0 aliphatic carbocycles. The molecule has 1 amide bonds. The summed E-state index contributed by atoms with van der Waals surface area (Å²) in [6.07, 6.45) is 2.26. The predicted molar refractivity (Wildman–Crippen MR) is 136 cm³/mol. The molecule has 1 aliphatic heterocycles. The topological polar surface area (TPSA) is 74.6 Å². The van der Waals surface area contributed by atoms with Gasteiger partial charge >= 0.3 is 0 Å². The first-order valence-corrected chi connectivity index (χ1v) is 11.9. The molecule has 5 rings (SSSR count). The third-order valence-electron chi connectivity index (χ3n) is 6.27. The van der Waals surface area contributed by atoms with E-state index in [0.717, 1.165) is 55.1 Å². The molecule has 1 saturated heterocycles. The average molecular weight is 475 g/mol. The van der Waals surface area contributed by atoms with E-state index in [1.165, 1.54) is 0 Å². The molecule has 34 heavy (non-hydrogen) atoms. The minimum atomic E-state index is -0.0394. The van der Waals surface area contributed by atoms with Gasteiger partial charge in [-0.05, 0) is 87.4 Å². The molecule has 8 heteroatoms. The van der Waals surface area contributed by atoms with Crippen molar-refractivity contribution >= 4 is 34.8 Å². The number of nitrogens with one attached hydrogen (secondary N) is 2. The van der Waals surface area contributed by atoms with Gasteiger partial charge in [-0.15, -0.1) is 5.10 Å². The fourth-order valence-corrected chi connectivity index (χ4v) is 4.45. The summed E-state index contributed by atoms with van der Waals surface area (Å²) in [6, 6.07) is 20.9. The molecule has 0 radical (unpaired) electrons. The number of fused-ring (bicyclic) bond motifs is 1. The highest BCUT2D eigenvalue weighted by atomic mass is 35.5. The van der Waals surface area contributed by atoms with Crippen molar-refractivity contribution in [2.75, 3.05) is 32.0 Å². The lowest BCUT2D eigenvalue weighted by Gasteiger charge is -2.28. The van der Waals surface area contributed by atoms with E-state index < -0.39 is 0 Å². The molecular formula is C26H27ClN6O. The Morgan fingerprint density at radius 3 is 2.59 bits per heavy atom. The standard InChI is InChI=1S/C26H27ClN6O/c1-32-14-12-18(13-15-32)17-28-25(34)19-8-10-22(11-9-19)29-26-30-24-7-3-6-23(33(24)31-26)20-4-2-5-21(27)16-20/h2-11,16,18H,12-15,17H2,1H3,(H,28,34)(H,29,31). The fourth-order valence-electron chi connectivity index (χ4n) is 4.26. The van der Waals surface area contributed by atoms with Gasteiger partial charge in [-0.2, -0.15) is 4.98 Å². The number of pyridine rings is 1. The SMILES string of the molecule is CN1CCC(CNC(=O)c2ccc(Nc3nc4cccc(-c5cccc(Cl)c5)n4n3)cc2)CC1. The maximum absolute atomic E-state index is 12.6. The monoisotopic (exact) mass is 474 g/mol. The number of anilines is 2. The van der Waals surface area contributed by atoms with Crippen molar-refractivity contribution in [1.82, 2.24) is 24.8 Å². The number of hydrogen-bond acceptors (Lipinski definition) is 5. The number of carbonyl (C=O) groups excluding carboxylic acids is 1. The van der Waals surface area contributed by atoms with Gasteiger partial charge < -0.3 is 15.5 Å². The smallest absolute Gasteiger partial charge is 0.251 e. The normalized spacial score (nSPS) is 14.9. The van der Waals surface area contributed by atoms with Crippen LogP contribution in [0.4, 0.5) is 11.6 Å². The largest absolute Gasteiger partial charge is 0.352 e. The number of aromatic nitrogens is 3. The number of piperidine rings is 1. The minimum Gasteiger partial charge on any atom is -0.352 e. The molecule has 1 fully saturated rings. The number of nitrogens with zero attached hydrogens (tertiary/aromatic N) is 4. The highest BCUT2D eigenvalue weighted by Gasteiger charge is 2.17. The second-order valence-electron chi connectivity index (χ2n) is 8.79. The first-order chi connectivity index (χ1) is 16.5. The van der Waals surface area contributed by atoms with Crippen molar-refractivity contribution < 1.29 is 4.79 Å². The van der Waals surface area contributed by atoms with Crippen LogP contribution in [0.25, 0.3) is 16.9 Å². The van der Waals surface area contributed by atoms with Crippen LogP contribution in [0.3, 0.4) is 0 Å². The summed E-state index contributed by atoms with van der Waals surface area (Å²) < 4.78 is 1.79. The number of carbonyl (C=O) groups is 1. The highest BCUT2D eigenvalue weighted by molar-refractivity contribution is 6.30. The summed E-state index contributed by atoms with van der Waals surface area (Å²) >= 11 is 6.17. The van der Waals surface area contributed by atoms with E-state index in [1.807, 2.05) is 66.7 Å². The van der Waals surface area contributed by atoms with E-state index >= 15 is 0 Å².